The van der Waals surface area contributed by atoms with Crippen molar-refractivity contribution in [2.75, 3.05) is 19.7 Å². The molecule has 0 aromatic heterocycles. The Balaban J connectivity index is 1.64. The highest BCUT2D eigenvalue weighted by molar-refractivity contribution is 5.27. The van der Waals surface area contributed by atoms with Crippen LogP contribution in [-0.2, 0) is 4.74 Å². The normalized spacial score (nSPS) is 27.5. The van der Waals surface area contributed by atoms with Gasteiger partial charge in [0.05, 0.1) is 0 Å². The summed E-state index contributed by atoms with van der Waals surface area (Å²) in [5.74, 6) is 0.335. The van der Waals surface area contributed by atoms with E-state index in [9.17, 15) is 10.2 Å². The van der Waals surface area contributed by atoms with Crippen molar-refractivity contribution in [2.45, 2.75) is 38.5 Å². The highest BCUT2D eigenvalue weighted by atomic mass is 16.5. The Morgan fingerprint density at radius 1 is 1.47 bits per heavy atom. The van der Waals surface area contributed by atoms with Crippen LogP contribution in [0.5, 0.6) is 0 Å². The predicted molar refractivity (Wildman–Crippen MR) is 74.8 cm³/mol. The van der Waals surface area contributed by atoms with Crippen LogP contribution in [0.1, 0.15) is 26.2 Å². The van der Waals surface area contributed by atoms with Crippen molar-refractivity contribution in [1.29, 1.82) is 0 Å². The van der Waals surface area contributed by atoms with Crippen LogP contribution < -0.4 is 0 Å². The van der Waals surface area contributed by atoms with Gasteiger partial charge in [0, 0.05) is 19.7 Å². The number of ether oxygens (including phenoxy) is 1. The maximum absolute atomic E-state index is 9.86. The van der Waals surface area contributed by atoms with Crippen molar-refractivity contribution in [3.8, 4) is 0 Å². The summed E-state index contributed by atoms with van der Waals surface area (Å²) in [4.78, 5) is 1.98. The Kier molecular flexibility index (Phi) is 5.19. The van der Waals surface area contributed by atoms with Gasteiger partial charge in [0.15, 0.2) is 0 Å². The quantitative estimate of drug-likeness (QED) is 0.570. The average molecular weight is 265 g/mol. The molecule has 0 saturated carbocycles. The highest BCUT2D eigenvalue weighted by Gasteiger charge is 2.18. The molecule has 0 fully saturated rings. The van der Waals surface area contributed by atoms with E-state index in [2.05, 4.69) is 13.0 Å². The van der Waals surface area contributed by atoms with E-state index in [1.54, 1.807) is 6.08 Å². The lowest BCUT2D eigenvalue weighted by Crippen LogP contribution is -2.31. The number of rotatable bonds is 6. The Hall–Kier alpha value is -1.10. The van der Waals surface area contributed by atoms with Crippen LogP contribution in [0, 0.1) is 0 Å². The second-order valence-electron chi connectivity index (χ2n) is 4.99. The Morgan fingerprint density at radius 2 is 2.32 bits per heavy atom. The summed E-state index contributed by atoms with van der Waals surface area (Å²) in [7, 11) is 0. The van der Waals surface area contributed by atoms with Gasteiger partial charge in [-0.2, -0.15) is 0 Å². The SMILES string of the molecule is CCC1=CCC(OCCCN2CC=CC2O)C(O)=C1. The minimum Gasteiger partial charge on any atom is -0.510 e. The number of hydrogen-bond donors (Lipinski definition) is 2. The molecule has 0 aromatic rings. The summed E-state index contributed by atoms with van der Waals surface area (Å²) in [5.41, 5.74) is 1.17. The van der Waals surface area contributed by atoms with Gasteiger partial charge < -0.3 is 14.9 Å². The lowest BCUT2D eigenvalue weighted by Gasteiger charge is -2.22. The number of nitrogens with zero attached hydrogens (tertiary/aromatic N) is 1. The number of aliphatic hydroxyl groups excluding tert-OH is 2. The summed E-state index contributed by atoms with van der Waals surface area (Å²) < 4.78 is 5.69. The van der Waals surface area contributed by atoms with Crippen molar-refractivity contribution in [3.05, 3.63) is 35.6 Å². The molecule has 0 spiro atoms. The van der Waals surface area contributed by atoms with Gasteiger partial charge in [-0.15, -0.1) is 0 Å². The van der Waals surface area contributed by atoms with Crippen molar-refractivity contribution in [3.63, 3.8) is 0 Å². The maximum atomic E-state index is 9.86. The molecule has 1 heterocycles. The fourth-order valence-electron chi connectivity index (χ4n) is 2.39. The average Bonchev–Trinajstić information content (AvgIpc) is 2.81. The summed E-state index contributed by atoms with van der Waals surface area (Å²) >= 11 is 0. The maximum Gasteiger partial charge on any atom is 0.126 e. The zero-order valence-electron chi connectivity index (χ0n) is 11.5. The third kappa shape index (κ3) is 3.93. The van der Waals surface area contributed by atoms with Crippen LogP contribution in [0.2, 0.25) is 0 Å². The van der Waals surface area contributed by atoms with E-state index in [0.717, 1.165) is 32.4 Å². The first-order valence-electron chi connectivity index (χ1n) is 7.00. The lowest BCUT2D eigenvalue weighted by atomic mass is 10.0. The van der Waals surface area contributed by atoms with Gasteiger partial charge in [0.25, 0.3) is 0 Å². The molecule has 19 heavy (non-hydrogen) atoms. The molecule has 4 heteroatoms. The Labute approximate surface area is 114 Å². The van der Waals surface area contributed by atoms with Gasteiger partial charge in [-0.1, -0.05) is 19.1 Å². The molecular formula is C15H23NO3. The monoisotopic (exact) mass is 265 g/mol. The van der Waals surface area contributed by atoms with Gasteiger partial charge in [0.2, 0.25) is 0 Å². The molecule has 2 unspecified atom stereocenters. The third-order valence-electron chi connectivity index (χ3n) is 3.60. The first-order chi connectivity index (χ1) is 9.20. The molecule has 2 rings (SSSR count). The van der Waals surface area contributed by atoms with Gasteiger partial charge >= 0.3 is 0 Å². The van der Waals surface area contributed by atoms with E-state index in [4.69, 9.17) is 4.74 Å². The van der Waals surface area contributed by atoms with E-state index >= 15 is 0 Å². The Bertz CT molecular complexity index is 387. The Morgan fingerprint density at radius 3 is 2.95 bits per heavy atom. The van der Waals surface area contributed by atoms with Crippen molar-refractivity contribution >= 4 is 0 Å². The summed E-state index contributed by atoms with van der Waals surface area (Å²) in [6.07, 6.45) is 9.60. The minimum absolute atomic E-state index is 0.197. The van der Waals surface area contributed by atoms with Gasteiger partial charge in [-0.25, -0.2) is 0 Å². The van der Waals surface area contributed by atoms with Crippen LogP contribution in [0.3, 0.4) is 0 Å². The molecule has 1 aliphatic carbocycles. The largest absolute Gasteiger partial charge is 0.510 e. The molecule has 0 bridgehead atoms. The standard InChI is InChI=1S/C15H23NO3/c1-2-12-6-7-14(13(17)11-12)19-10-4-9-16-8-3-5-15(16)18/h3,5-6,11,14-15,17-18H,2,4,7-10H2,1H3. The van der Waals surface area contributed by atoms with E-state index in [1.165, 1.54) is 5.57 Å². The van der Waals surface area contributed by atoms with Gasteiger partial charge in [-0.05, 0) is 37.0 Å². The first kappa shape index (κ1) is 14.3. The topological polar surface area (TPSA) is 52.9 Å². The lowest BCUT2D eigenvalue weighted by molar-refractivity contribution is 0.0270. The van der Waals surface area contributed by atoms with Crippen LogP contribution in [0.15, 0.2) is 35.6 Å². The third-order valence-corrected chi connectivity index (χ3v) is 3.60. The summed E-state index contributed by atoms with van der Waals surface area (Å²) in [6.45, 7) is 4.28. The van der Waals surface area contributed by atoms with Crippen LogP contribution in [0.25, 0.3) is 0 Å². The summed E-state index contributed by atoms with van der Waals surface area (Å²) in [5, 5.41) is 19.4. The van der Waals surface area contributed by atoms with Crippen molar-refractivity contribution in [1.82, 2.24) is 4.90 Å². The highest BCUT2D eigenvalue weighted by Crippen LogP contribution is 2.20. The molecule has 0 aromatic carbocycles. The van der Waals surface area contributed by atoms with E-state index in [1.807, 2.05) is 17.1 Å². The number of aliphatic hydroxyl groups is 2. The second-order valence-corrected chi connectivity index (χ2v) is 4.99. The van der Waals surface area contributed by atoms with Crippen LogP contribution in [-0.4, -0.2) is 47.1 Å². The van der Waals surface area contributed by atoms with E-state index in [-0.39, 0.29) is 6.10 Å². The molecule has 4 nitrogen and oxygen atoms in total. The van der Waals surface area contributed by atoms with Gasteiger partial charge in [-0.3, -0.25) is 4.90 Å². The molecule has 2 N–H and O–H groups in total. The molecular weight excluding hydrogens is 242 g/mol. The smallest absolute Gasteiger partial charge is 0.126 e. The second kappa shape index (κ2) is 6.89. The number of hydrogen-bond acceptors (Lipinski definition) is 4. The van der Waals surface area contributed by atoms with E-state index in [0.29, 0.717) is 12.4 Å². The zero-order chi connectivity index (χ0) is 13.7. The van der Waals surface area contributed by atoms with Crippen LogP contribution in [0.4, 0.5) is 0 Å². The molecule has 0 amide bonds. The fraction of sp³-hybridized carbons (Fsp3) is 0.600. The predicted octanol–water partition coefficient (Wildman–Crippen LogP) is 2.13. The number of allylic oxidation sites excluding steroid dienone is 2. The molecule has 0 radical (unpaired) electrons. The molecule has 106 valence electrons. The molecule has 1 aliphatic heterocycles. The molecule has 0 saturated heterocycles. The fourth-order valence-corrected chi connectivity index (χ4v) is 2.39. The first-order valence-corrected chi connectivity index (χ1v) is 7.00. The molecule has 2 atom stereocenters. The van der Waals surface area contributed by atoms with E-state index < -0.39 is 6.23 Å². The minimum atomic E-state index is -0.446. The molecule has 2 aliphatic rings. The van der Waals surface area contributed by atoms with Crippen molar-refractivity contribution in [2.24, 2.45) is 0 Å². The zero-order valence-corrected chi connectivity index (χ0v) is 11.5. The summed E-state index contributed by atoms with van der Waals surface area (Å²) in [6, 6.07) is 0. The van der Waals surface area contributed by atoms with Crippen LogP contribution >= 0.6 is 0 Å². The van der Waals surface area contributed by atoms with Gasteiger partial charge in [0.1, 0.15) is 18.1 Å². The van der Waals surface area contributed by atoms with Crippen molar-refractivity contribution < 1.29 is 14.9 Å².